The molecule has 1 aromatic heterocycles. The Kier molecular flexibility index (Phi) is 4.30. The maximum absolute atomic E-state index is 13.3. The van der Waals surface area contributed by atoms with Gasteiger partial charge in [0.05, 0.1) is 22.8 Å². The average molecular weight is 363 g/mol. The molecule has 0 aliphatic rings. The van der Waals surface area contributed by atoms with E-state index < -0.39 is 21.7 Å². The largest absolute Gasteiger partial charge is 0.279 e. The summed E-state index contributed by atoms with van der Waals surface area (Å²) < 4.78 is 55.6. The number of hydrogen-bond donors (Lipinski definition) is 1. The summed E-state index contributed by atoms with van der Waals surface area (Å²) in [6.45, 7) is 3.16. The van der Waals surface area contributed by atoms with E-state index in [2.05, 4.69) is 9.82 Å². The van der Waals surface area contributed by atoms with Gasteiger partial charge in [-0.2, -0.15) is 5.10 Å². The van der Waals surface area contributed by atoms with Gasteiger partial charge in [0.2, 0.25) is 0 Å². The summed E-state index contributed by atoms with van der Waals surface area (Å²) in [7, 11) is -3.96. The van der Waals surface area contributed by atoms with Gasteiger partial charge in [0.15, 0.2) is 0 Å². The number of aryl methyl sites for hydroxylation is 1. The van der Waals surface area contributed by atoms with E-state index in [9.17, 15) is 17.2 Å². The monoisotopic (exact) mass is 363 g/mol. The Morgan fingerprint density at radius 3 is 2.32 bits per heavy atom. The Morgan fingerprint density at radius 2 is 1.68 bits per heavy atom. The maximum Gasteiger partial charge on any atom is 0.265 e. The quantitative estimate of drug-likeness (QED) is 0.771. The highest BCUT2D eigenvalue weighted by atomic mass is 32.2. The van der Waals surface area contributed by atoms with Crippen LogP contribution in [0.15, 0.2) is 53.4 Å². The van der Waals surface area contributed by atoms with Crippen LogP contribution in [0, 0.1) is 25.5 Å². The molecule has 0 radical (unpaired) electrons. The summed E-state index contributed by atoms with van der Waals surface area (Å²) in [6.07, 6.45) is 0. The van der Waals surface area contributed by atoms with E-state index in [1.165, 1.54) is 47.1 Å². The van der Waals surface area contributed by atoms with Gasteiger partial charge in [-0.3, -0.25) is 4.72 Å². The Hall–Kier alpha value is -2.74. The van der Waals surface area contributed by atoms with Gasteiger partial charge < -0.3 is 0 Å². The van der Waals surface area contributed by atoms with Crippen molar-refractivity contribution in [3.05, 3.63) is 71.6 Å². The van der Waals surface area contributed by atoms with Crippen molar-refractivity contribution >= 4 is 15.7 Å². The molecule has 25 heavy (non-hydrogen) atoms. The molecule has 0 fully saturated rings. The third-order valence-corrected chi connectivity index (χ3v) is 5.27. The van der Waals surface area contributed by atoms with Crippen molar-refractivity contribution in [2.45, 2.75) is 18.7 Å². The number of anilines is 1. The van der Waals surface area contributed by atoms with E-state index in [-0.39, 0.29) is 16.3 Å². The van der Waals surface area contributed by atoms with Crippen molar-refractivity contribution in [3.8, 4) is 5.69 Å². The SMILES string of the molecule is Cc1nn(-c2ccc(F)cc2)c(C)c1S(=O)(=O)Nc1cccc(F)c1. The highest BCUT2D eigenvalue weighted by molar-refractivity contribution is 7.92. The van der Waals surface area contributed by atoms with Crippen molar-refractivity contribution in [2.24, 2.45) is 0 Å². The number of hydrogen-bond acceptors (Lipinski definition) is 3. The zero-order chi connectivity index (χ0) is 18.2. The maximum atomic E-state index is 13.3. The summed E-state index contributed by atoms with van der Waals surface area (Å²) in [6, 6.07) is 10.7. The number of nitrogens with one attached hydrogen (secondary N) is 1. The van der Waals surface area contributed by atoms with Crippen molar-refractivity contribution in [2.75, 3.05) is 4.72 Å². The predicted octanol–water partition coefficient (Wildman–Crippen LogP) is 3.57. The molecule has 0 aliphatic carbocycles. The molecule has 0 spiro atoms. The zero-order valence-corrected chi connectivity index (χ0v) is 14.3. The lowest BCUT2D eigenvalue weighted by Gasteiger charge is -2.09. The zero-order valence-electron chi connectivity index (χ0n) is 13.5. The van der Waals surface area contributed by atoms with Crippen LogP contribution in [0.5, 0.6) is 0 Å². The van der Waals surface area contributed by atoms with E-state index in [0.29, 0.717) is 11.4 Å². The highest BCUT2D eigenvalue weighted by Gasteiger charge is 2.25. The first-order valence-electron chi connectivity index (χ1n) is 7.38. The summed E-state index contributed by atoms with van der Waals surface area (Å²) in [5.74, 6) is -0.943. The fraction of sp³-hybridized carbons (Fsp3) is 0.118. The van der Waals surface area contributed by atoms with Crippen LogP contribution in [0.4, 0.5) is 14.5 Å². The van der Waals surface area contributed by atoms with Gasteiger partial charge in [-0.05, 0) is 56.3 Å². The van der Waals surface area contributed by atoms with Gasteiger partial charge >= 0.3 is 0 Å². The summed E-state index contributed by atoms with van der Waals surface area (Å²) in [4.78, 5) is 0.00101. The lowest BCUT2D eigenvalue weighted by molar-refractivity contribution is 0.599. The van der Waals surface area contributed by atoms with E-state index in [1.54, 1.807) is 13.8 Å². The van der Waals surface area contributed by atoms with Crippen LogP contribution in [0.2, 0.25) is 0 Å². The topological polar surface area (TPSA) is 64.0 Å². The second-order valence-corrected chi connectivity index (χ2v) is 7.12. The summed E-state index contributed by atoms with van der Waals surface area (Å²) in [5, 5.41) is 4.24. The number of benzene rings is 2. The number of sulfonamides is 1. The molecular formula is C17H15F2N3O2S. The van der Waals surface area contributed by atoms with E-state index in [1.807, 2.05) is 0 Å². The van der Waals surface area contributed by atoms with E-state index >= 15 is 0 Å². The van der Waals surface area contributed by atoms with Gasteiger partial charge in [0, 0.05) is 0 Å². The molecule has 0 bridgehead atoms. The van der Waals surface area contributed by atoms with Crippen molar-refractivity contribution in [1.29, 1.82) is 0 Å². The highest BCUT2D eigenvalue weighted by Crippen LogP contribution is 2.25. The van der Waals surface area contributed by atoms with Crippen molar-refractivity contribution in [3.63, 3.8) is 0 Å². The van der Waals surface area contributed by atoms with Crippen molar-refractivity contribution in [1.82, 2.24) is 9.78 Å². The molecule has 0 unspecified atom stereocenters. The smallest absolute Gasteiger partial charge is 0.265 e. The molecule has 0 saturated carbocycles. The number of nitrogens with zero attached hydrogens (tertiary/aromatic N) is 2. The van der Waals surface area contributed by atoms with E-state index in [4.69, 9.17) is 0 Å². The molecule has 3 aromatic rings. The number of aromatic nitrogens is 2. The van der Waals surface area contributed by atoms with Crippen LogP contribution in [0.3, 0.4) is 0 Å². The minimum atomic E-state index is -3.96. The first kappa shape index (κ1) is 17.1. The Bertz CT molecular complexity index is 1030. The Labute approximate surface area is 144 Å². The van der Waals surface area contributed by atoms with E-state index in [0.717, 1.165) is 6.07 Å². The molecule has 130 valence electrons. The number of halogens is 2. The lowest BCUT2D eigenvalue weighted by atomic mass is 10.3. The standard InChI is InChI=1S/C17H15F2N3O2S/c1-11-17(25(23,24)21-15-5-3-4-14(19)10-15)12(2)22(20-11)16-8-6-13(18)7-9-16/h3-10,21H,1-2H3. The summed E-state index contributed by atoms with van der Waals surface area (Å²) in [5.41, 5.74) is 1.31. The van der Waals surface area contributed by atoms with Gasteiger partial charge in [0.1, 0.15) is 16.5 Å². The number of rotatable bonds is 4. The molecule has 2 aromatic carbocycles. The van der Waals surface area contributed by atoms with Crippen LogP contribution in [0.25, 0.3) is 5.69 Å². The lowest BCUT2D eigenvalue weighted by Crippen LogP contribution is -2.15. The second kappa shape index (κ2) is 6.29. The molecular weight excluding hydrogens is 348 g/mol. The van der Waals surface area contributed by atoms with Crippen molar-refractivity contribution < 1.29 is 17.2 Å². The third kappa shape index (κ3) is 3.39. The fourth-order valence-corrected chi connectivity index (χ4v) is 4.05. The molecule has 0 saturated heterocycles. The molecule has 0 amide bonds. The average Bonchev–Trinajstić information content (AvgIpc) is 2.83. The minimum absolute atomic E-state index is 0.00101. The third-order valence-electron chi connectivity index (χ3n) is 3.64. The van der Waals surface area contributed by atoms with Gasteiger partial charge in [0.25, 0.3) is 10.0 Å². The van der Waals surface area contributed by atoms with Crippen LogP contribution >= 0.6 is 0 Å². The fourth-order valence-electron chi connectivity index (χ4n) is 2.61. The van der Waals surface area contributed by atoms with Crippen LogP contribution in [0.1, 0.15) is 11.4 Å². The summed E-state index contributed by atoms with van der Waals surface area (Å²) >= 11 is 0. The first-order chi connectivity index (χ1) is 11.8. The molecule has 1 heterocycles. The minimum Gasteiger partial charge on any atom is -0.279 e. The molecule has 1 N–H and O–H groups in total. The molecule has 3 rings (SSSR count). The van der Waals surface area contributed by atoms with Gasteiger partial charge in [-0.15, -0.1) is 0 Å². The normalized spacial score (nSPS) is 11.5. The predicted molar refractivity (Wildman–Crippen MR) is 90.2 cm³/mol. The second-order valence-electron chi connectivity index (χ2n) is 5.50. The molecule has 0 aliphatic heterocycles. The Balaban J connectivity index is 2.03. The van der Waals surface area contributed by atoms with Crippen LogP contribution in [-0.2, 0) is 10.0 Å². The molecule has 5 nitrogen and oxygen atoms in total. The Morgan fingerprint density at radius 1 is 1.00 bits per heavy atom. The van der Waals surface area contributed by atoms with Gasteiger partial charge in [-0.1, -0.05) is 6.07 Å². The van der Waals surface area contributed by atoms with Crippen LogP contribution in [-0.4, -0.2) is 18.2 Å². The van der Waals surface area contributed by atoms with Gasteiger partial charge in [-0.25, -0.2) is 21.9 Å². The first-order valence-corrected chi connectivity index (χ1v) is 8.87. The van der Waals surface area contributed by atoms with Crippen LogP contribution < -0.4 is 4.72 Å². The molecule has 8 heteroatoms. The molecule has 0 atom stereocenters.